The van der Waals surface area contributed by atoms with E-state index in [0.717, 1.165) is 43.9 Å². The summed E-state index contributed by atoms with van der Waals surface area (Å²) in [7, 11) is 0. The molecule has 0 unspecified atom stereocenters. The molecular weight excluding hydrogens is 300 g/mol. The Morgan fingerprint density at radius 1 is 0.958 bits per heavy atom. The normalized spacial score (nSPS) is 16.5. The molecule has 2 aromatic rings. The fraction of sp³-hybridized carbons (Fsp3) is 0.400. The van der Waals surface area contributed by atoms with E-state index < -0.39 is 0 Å². The van der Waals surface area contributed by atoms with E-state index in [4.69, 9.17) is 15.2 Å². The SMILES string of the molecule is N[C@@H](COc1ccccc1)Cc1ccc(OC2CCNCC2)cc1. The van der Waals surface area contributed by atoms with Crippen LogP contribution in [0.5, 0.6) is 11.5 Å². The molecule has 0 saturated carbocycles. The van der Waals surface area contributed by atoms with Gasteiger partial charge in [-0.1, -0.05) is 30.3 Å². The minimum absolute atomic E-state index is 0.0265. The van der Waals surface area contributed by atoms with Gasteiger partial charge in [0, 0.05) is 6.04 Å². The van der Waals surface area contributed by atoms with Crippen molar-refractivity contribution < 1.29 is 9.47 Å². The van der Waals surface area contributed by atoms with Gasteiger partial charge in [0.15, 0.2) is 0 Å². The maximum Gasteiger partial charge on any atom is 0.119 e. The van der Waals surface area contributed by atoms with E-state index >= 15 is 0 Å². The van der Waals surface area contributed by atoms with Crippen LogP contribution in [0.1, 0.15) is 18.4 Å². The van der Waals surface area contributed by atoms with Crippen LogP contribution in [0.4, 0.5) is 0 Å². The van der Waals surface area contributed by atoms with Gasteiger partial charge in [0.05, 0.1) is 0 Å². The molecule has 3 N–H and O–H groups in total. The smallest absolute Gasteiger partial charge is 0.119 e. The molecule has 4 nitrogen and oxygen atoms in total. The summed E-state index contributed by atoms with van der Waals surface area (Å²) in [6.45, 7) is 2.59. The Morgan fingerprint density at radius 3 is 2.38 bits per heavy atom. The van der Waals surface area contributed by atoms with Crippen LogP contribution in [-0.2, 0) is 6.42 Å². The van der Waals surface area contributed by atoms with Crippen LogP contribution < -0.4 is 20.5 Å². The number of piperidine rings is 1. The van der Waals surface area contributed by atoms with Crippen LogP contribution in [0.3, 0.4) is 0 Å². The number of para-hydroxylation sites is 1. The third kappa shape index (κ3) is 5.25. The first kappa shape index (κ1) is 16.8. The molecule has 4 heteroatoms. The molecular formula is C20H26N2O2. The highest BCUT2D eigenvalue weighted by atomic mass is 16.5. The lowest BCUT2D eigenvalue weighted by molar-refractivity contribution is 0.162. The van der Waals surface area contributed by atoms with Crippen molar-refractivity contribution in [3.05, 3.63) is 60.2 Å². The first-order valence-electron chi connectivity index (χ1n) is 8.69. The Labute approximate surface area is 144 Å². The van der Waals surface area contributed by atoms with E-state index in [9.17, 15) is 0 Å². The zero-order valence-electron chi connectivity index (χ0n) is 14.0. The minimum Gasteiger partial charge on any atom is -0.492 e. The number of ether oxygens (including phenoxy) is 2. The summed E-state index contributed by atoms with van der Waals surface area (Å²) in [5, 5.41) is 3.35. The van der Waals surface area contributed by atoms with Gasteiger partial charge >= 0.3 is 0 Å². The van der Waals surface area contributed by atoms with Gasteiger partial charge in [-0.05, 0) is 62.2 Å². The molecule has 1 atom stereocenters. The number of nitrogens with two attached hydrogens (primary N) is 1. The Kier molecular flexibility index (Phi) is 6.10. The third-order valence-corrected chi connectivity index (χ3v) is 4.22. The highest BCUT2D eigenvalue weighted by Gasteiger charge is 2.14. The molecule has 2 aromatic carbocycles. The van der Waals surface area contributed by atoms with Gasteiger partial charge in [-0.2, -0.15) is 0 Å². The Balaban J connectivity index is 1.44. The Bertz CT molecular complexity index is 595. The topological polar surface area (TPSA) is 56.5 Å². The van der Waals surface area contributed by atoms with Crippen molar-refractivity contribution in [3.8, 4) is 11.5 Å². The van der Waals surface area contributed by atoms with Crippen molar-refractivity contribution in [1.29, 1.82) is 0 Å². The number of benzene rings is 2. The zero-order valence-corrected chi connectivity index (χ0v) is 14.0. The maximum absolute atomic E-state index is 6.18. The molecule has 24 heavy (non-hydrogen) atoms. The molecule has 0 aromatic heterocycles. The van der Waals surface area contributed by atoms with E-state index in [1.165, 1.54) is 5.56 Å². The van der Waals surface area contributed by atoms with E-state index in [2.05, 4.69) is 17.4 Å². The summed E-state index contributed by atoms with van der Waals surface area (Å²) >= 11 is 0. The molecule has 1 aliphatic rings. The molecule has 1 fully saturated rings. The summed E-state index contributed by atoms with van der Waals surface area (Å²) in [4.78, 5) is 0. The van der Waals surface area contributed by atoms with Crippen LogP contribution in [0, 0.1) is 0 Å². The second-order valence-corrected chi connectivity index (χ2v) is 6.30. The molecule has 0 spiro atoms. The fourth-order valence-corrected chi connectivity index (χ4v) is 2.89. The molecule has 1 saturated heterocycles. The highest BCUT2D eigenvalue weighted by Crippen LogP contribution is 2.18. The second kappa shape index (κ2) is 8.71. The second-order valence-electron chi connectivity index (χ2n) is 6.30. The predicted octanol–water partition coefficient (Wildman–Crippen LogP) is 2.77. The quantitative estimate of drug-likeness (QED) is 0.821. The lowest BCUT2D eigenvalue weighted by atomic mass is 10.1. The summed E-state index contributed by atoms with van der Waals surface area (Å²) in [6.07, 6.45) is 3.27. The molecule has 1 heterocycles. The number of hydrogen-bond donors (Lipinski definition) is 2. The largest absolute Gasteiger partial charge is 0.492 e. The number of rotatable bonds is 7. The van der Waals surface area contributed by atoms with Gasteiger partial charge in [-0.25, -0.2) is 0 Å². The van der Waals surface area contributed by atoms with Crippen molar-refractivity contribution >= 4 is 0 Å². The van der Waals surface area contributed by atoms with Gasteiger partial charge in [0.25, 0.3) is 0 Å². The van der Waals surface area contributed by atoms with Crippen LogP contribution in [0.2, 0.25) is 0 Å². The molecule has 0 radical (unpaired) electrons. The van der Waals surface area contributed by atoms with Crippen LogP contribution in [0.25, 0.3) is 0 Å². The average Bonchev–Trinajstić information content (AvgIpc) is 2.63. The van der Waals surface area contributed by atoms with Crippen molar-refractivity contribution in [2.75, 3.05) is 19.7 Å². The maximum atomic E-state index is 6.18. The van der Waals surface area contributed by atoms with Crippen molar-refractivity contribution in [3.63, 3.8) is 0 Å². The molecule has 0 aliphatic carbocycles. The summed E-state index contributed by atoms with van der Waals surface area (Å²) in [5.74, 6) is 1.80. The highest BCUT2D eigenvalue weighted by molar-refractivity contribution is 5.28. The summed E-state index contributed by atoms with van der Waals surface area (Å²) in [5.41, 5.74) is 7.38. The molecule has 0 bridgehead atoms. The fourth-order valence-electron chi connectivity index (χ4n) is 2.89. The van der Waals surface area contributed by atoms with Crippen LogP contribution in [-0.4, -0.2) is 31.8 Å². The Hall–Kier alpha value is -2.04. The lowest BCUT2D eigenvalue weighted by Crippen LogP contribution is -2.34. The first-order chi connectivity index (χ1) is 11.8. The van der Waals surface area contributed by atoms with Crippen molar-refractivity contribution in [1.82, 2.24) is 5.32 Å². The standard InChI is InChI=1S/C20H26N2O2/c21-17(15-23-18-4-2-1-3-5-18)14-16-6-8-19(9-7-16)24-20-10-12-22-13-11-20/h1-9,17,20,22H,10-15,21H2/t17-/m1/s1. The molecule has 128 valence electrons. The molecule has 3 rings (SSSR count). The predicted molar refractivity (Wildman–Crippen MR) is 96.6 cm³/mol. The zero-order chi connectivity index (χ0) is 16.6. The van der Waals surface area contributed by atoms with E-state index in [0.29, 0.717) is 12.7 Å². The van der Waals surface area contributed by atoms with E-state index in [1.807, 2.05) is 42.5 Å². The number of nitrogens with one attached hydrogen (secondary N) is 1. The van der Waals surface area contributed by atoms with Gasteiger partial charge in [-0.15, -0.1) is 0 Å². The van der Waals surface area contributed by atoms with Crippen LogP contribution in [0.15, 0.2) is 54.6 Å². The molecule has 1 aliphatic heterocycles. The van der Waals surface area contributed by atoms with Gasteiger partial charge < -0.3 is 20.5 Å². The van der Waals surface area contributed by atoms with E-state index in [1.54, 1.807) is 0 Å². The first-order valence-corrected chi connectivity index (χ1v) is 8.69. The molecule has 0 amide bonds. The lowest BCUT2D eigenvalue weighted by Gasteiger charge is -2.24. The monoisotopic (exact) mass is 326 g/mol. The van der Waals surface area contributed by atoms with Crippen molar-refractivity contribution in [2.45, 2.75) is 31.4 Å². The Morgan fingerprint density at radius 2 is 1.67 bits per heavy atom. The minimum atomic E-state index is -0.0265. The summed E-state index contributed by atoms with van der Waals surface area (Å²) < 4.78 is 11.7. The number of hydrogen-bond acceptors (Lipinski definition) is 4. The van der Waals surface area contributed by atoms with Gasteiger partial charge in [0.2, 0.25) is 0 Å². The van der Waals surface area contributed by atoms with Crippen molar-refractivity contribution in [2.24, 2.45) is 5.73 Å². The third-order valence-electron chi connectivity index (χ3n) is 4.22. The summed E-state index contributed by atoms with van der Waals surface area (Å²) in [6, 6.07) is 18.0. The van der Waals surface area contributed by atoms with Gasteiger partial charge in [0.1, 0.15) is 24.2 Å². The van der Waals surface area contributed by atoms with E-state index in [-0.39, 0.29) is 6.04 Å². The average molecular weight is 326 g/mol. The van der Waals surface area contributed by atoms with Crippen LogP contribution >= 0.6 is 0 Å². The van der Waals surface area contributed by atoms with Gasteiger partial charge in [-0.3, -0.25) is 0 Å².